The summed E-state index contributed by atoms with van der Waals surface area (Å²) in [5.74, 6) is 0.163. The van der Waals surface area contributed by atoms with E-state index in [1.165, 1.54) is 23.1 Å². The summed E-state index contributed by atoms with van der Waals surface area (Å²) in [5.41, 5.74) is 2.93. The number of nitrogens with one attached hydrogen (secondary N) is 1. The van der Waals surface area contributed by atoms with Crippen molar-refractivity contribution < 1.29 is 4.79 Å². The number of thiazole rings is 1. The third kappa shape index (κ3) is 4.27. The highest BCUT2D eigenvalue weighted by atomic mass is 32.2. The Bertz CT molecular complexity index is 1010. The molecular formula is C20H16N4OS2. The molecule has 4 aromatic rings. The number of nitrogens with zero attached hydrogens (tertiary/aromatic N) is 3. The molecule has 27 heavy (non-hydrogen) atoms. The summed E-state index contributed by atoms with van der Waals surface area (Å²) in [4.78, 5) is 21.0. The highest BCUT2D eigenvalue weighted by Gasteiger charge is 2.14. The molecule has 0 saturated carbocycles. The van der Waals surface area contributed by atoms with Crippen molar-refractivity contribution in [1.29, 1.82) is 0 Å². The van der Waals surface area contributed by atoms with E-state index >= 15 is 0 Å². The Labute approximate surface area is 165 Å². The minimum atomic E-state index is -0.0983. The first kappa shape index (κ1) is 17.5. The second-order valence-corrected chi connectivity index (χ2v) is 7.49. The fraction of sp³-hybridized carbons (Fsp3) is 0.0500. The van der Waals surface area contributed by atoms with Gasteiger partial charge in [0, 0.05) is 29.0 Å². The second kappa shape index (κ2) is 8.20. The number of para-hydroxylation sites is 1. The molecule has 5 nitrogen and oxygen atoms in total. The molecule has 1 N–H and O–H groups in total. The number of thioether (sulfide) groups is 1. The molecule has 134 valence electrons. The number of rotatable bonds is 6. The number of imidazole rings is 1. The molecule has 0 saturated heterocycles. The highest BCUT2D eigenvalue weighted by molar-refractivity contribution is 7.99. The number of carbonyl (C=O) groups excluding carboxylic acids is 1. The van der Waals surface area contributed by atoms with Crippen LogP contribution in [0.3, 0.4) is 0 Å². The van der Waals surface area contributed by atoms with Crippen LogP contribution in [0, 0.1) is 0 Å². The summed E-state index contributed by atoms with van der Waals surface area (Å²) in [7, 11) is 0. The lowest BCUT2D eigenvalue weighted by molar-refractivity contribution is -0.113. The Morgan fingerprint density at radius 1 is 1.07 bits per heavy atom. The molecule has 0 aliphatic rings. The predicted octanol–water partition coefficient (Wildman–Crippen LogP) is 4.73. The SMILES string of the molecule is O=C(CSc1nc(-c2ccccc2)cn1-c1ccccc1)Nc1nccs1. The van der Waals surface area contributed by atoms with E-state index in [2.05, 4.69) is 10.3 Å². The van der Waals surface area contributed by atoms with Crippen molar-refractivity contribution in [3.05, 3.63) is 78.4 Å². The van der Waals surface area contributed by atoms with Crippen molar-refractivity contribution in [1.82, 2.24) is 14.5 Å². The van der Waals surface area contributed by atoms with Gasteiger partial charge in [-0.1, -0.05) is 60.3 Å². The van der Waals surface area contributed by atoms with E-state index in [-0.39, 0.29) is 11.7 Å². The van der Waals surface area contributed by atoms with Crippen LogP contribution in [0.5, 0.6) is 0 Å². The topological polar surface area (TPSA) is 59.8 Å². The maximum Gasteiger partial charge on any atom is 0.236 e. The van der Waals surface area contributed by atoms with E-state index in [0.717, 1.165) is 22.1 Å². The van der Waals surface area contributed by atoms with Gasteiger partial charge >= 0.3 is 0 Å². The third-order valence-electron chi connectivity index (χ3n) is 3.79. The van der Waals surface area contributed by atoms with Gasteiger partial charge < -0.3 is 5.32 Å². The normalized spacial score (nSPS) is 10.7. The van der Waals surface area contributed by atoms with Crippen LogP contribution in [0.2, 0.25) is 0 Å². The average molecular weight is 393 g/mol. The molecule has 2 aromatic heterocycles. The van der Waals surface area contributed by atoms with Crippen LogP contribution in [-0.2, 0) is 4.79 Å². The molecule has 0 aliphatic carbocycles. The molecule has 7 heteroatoms. The summed E-state index contributed by atoms with van der Waals surface area (Å²) in [6.45, 7) is 0. The van der Waals surface area contributed by atoms with E-state index in [1.54, 1.807) is 6.20 Å². The Hall–Kier alpha value is -2.90. The molecule has 4 rings (SSSR count). The number of benzene rings is 2. The van der Waals surface area contributed by atoms with Crippen LogP contribution in [-0.4, -0.2) is 26.2 Å². The van der Waals surface area contributed by atoms with Gasteiger partial charge in [-0.2, -0.15) is 0 Å². The minimum Gasteiger partial charge on any atom is -0.301 e. The van der Waals surface area contributed by atoms with Gasteiger partial charge in [-0.25, -0.2) is 9.97 Å². The predicted molar refractivity (Wildman–Crippen MR) is 110 cm³/mol. The molecule has 0 bridgehead atoms. The first-order chi connectivity index (χ1) is 13.3. The quantitative estimate of drug-likeness (QED) is 0.482. The molecule has 2 aromatic carbocycles. The summed E-state index contributed by atoms with van der Waals surface area (Å²) >= 11 is 2.81. The Kier molecular flexibility index (Phi) is 5.32. The number of hydrogen-bond acceptors (Lipinski definition) is 5. The molecule has 0 unspecified atom stereocenters. The minimum absolute atomic E-state index is 0.0983. The Morgan fingerprint density at radius 2 is 1.81 bits per heavy atom. The largest absolute Gasteiger partial charge is 0.301 e. The maximum absolute atomic E-state index is 12.2. The lowest BCUT2D eigenvalue weighted by Gasteiger charge is -2.06. The standard InChI is InChI=1S/C20H16N4OS2/c25-18(23-19-21-11-12-26-19)14-27-20-22-17(15-7-3-1-4-8-15)13-24(20)16-9-5-2-6-10-16/h1-13H,14H2,(H,21,23,25). The zero-order valence-corrected chi connectivity index (χ0v) is 15.9. The maximum atomic E-state index is 12.2. The van der Waals surface area contributed by atoms with E-state index in [4.69, 9.17) is 4.98 Å². The van der Waals surface area contributed by atoms with Crippen molar-refractivity contribution in [3.63, 3.8) is 0 Å². The molecule has 0 atom stereocenters. The van der Waals surface area contributed by atoms with Gasteiger partial charge in [0.2, 0.25) is 5.91 Å². The van der Waals surface area contributed by atoms with Crippen LogP contribution < -0.4 is 5.32 Å². The fourth-order valence-corrected chi connectivity index (χ4v) is 3.89. The molecule has 0 aliphatic heterocycles. The van der Waals surface area contributed by atoms with Gasteiger partial charge in [-0.15, -0.1) is 11.3 Å². The second-order valence-electron chi connectivity index (χ2n) is 5.65. The van der Waals surface area contributed by atoms with Crippen LogP contribution in [0.25, 0.3) is 16.9 Å². The zero-order chi connectivity index (χ0) is 18.5. The molecule has 2 heterocycles. The van der Waals surface area contributed by atoms with Gasteiger partial charge in [-0.3, -0.25) is 9.36 Å². The molecule has 1 amide bonds. The van der Waals surface area contributed by atoms with Crippen LogP contribution >= 0.6 is 23.1 Å². The Morgan fingerprint density at radius 3 is 2.52 bits per heavy atom. The summed E-state index contributed by atoms with van der Waals surface area (Å²) in [6, 6.07) is 20.0. The summed E-state index contributed by atoms with van der Waals surface area (Å²) in [6.07, 6.45) is 3.67. The van der Waals surface area contributed by atoms with Crippen LogP contribution in [0.4, 0.5) is 5.13 Å². The van der Waals surface area contributed by atoms with E-state index in [0.29, 0.717) is 5.13 Å². The van der Waals surface area contributed by atoms with Crippen molar-refractivity contribution >= 4 is 34.1 Å². The van der Waals surface area contributed by atoms with Gasteiger partial charge in [0.15, 0.2) is 10.3 Å². The molecule has 0 spiro atoms. The van der Waals surface area contributed by atoms with Crippen molar-refractivity contribution in [3.8, 4) is 16.9 Å². The number of carbonyl (C=O) groups is 1. The van der Waals surface area contributed by atoms with Gasteiger partial charge in [0.1, 0.15) is 0 Å². The fourth-order valence-electron chi connectivity index (χ4n) is 2.56. The molecule has 0 fully saturated rings. The summed E-state index contributed by atoms with van der Waals surface area (Å²) < 4.78 is 2.02. The zero-order valence-electron chi connectivity index (χ0n) is 14.3. The number of aromatic nitrogens is 3. The Balaban J connectivity index is 1.58. The number of anilines is 1. The van der Waals surface area contributed by atoms with Crippen molar-refractivity contribution in [2.45, 2.75) is 5.16 Å². The number of amides is 1. The summed E-state index contributed by atoms with van der Waals surface area (Å²) in [5, 5.41) is 6.01. The van der Waals surface area contributed by atoms with E-state index < -0.39 is 0 Å². The smallest absolute Gasteiger partial charge is 0.236 e. The lowest BCUT2D eigenvalue weighted by atomic mass is 10.2. The monoisotopic (exact) mass is 392 g/mol. The first-order valence-corrected chi connectivity index (χ1v) is 10.2. The highest BCUT2D eigenvalue weighted by Crippen LogP contribution is 2.27. The van der Waals surface area contributed by atoms with Crippen LogP contribution in [0.1, 0.15) is 0 Å². The molecular weight excluding hydrogens is 376 g/mol. The van der Waals surface area contributed by atoms with Crippen LogP contribution in [0.15, 0.2) is 83.6 Å². The lowest BCUT2D eigenvalue weighted by Crippen LogP contribution is -2.14. The van der Waals surface area contributed by atoms with E-state index in [1.807, 2.05) is 76.8 Å². The number of hydrogen-bond donors (Lipinski definition) is 1. The van der Waals surface area contributed by atoms with Crippen molar-refractivity contribution in [2.75, 3.05) is 11.1 Å². The van der Waals surface area contributed by atoms with Gasteiger partial charge in [-0.05, 0) is 12.1 Å². The molecule has 0 radical (unpaired) electrons. The van der Waals surface area contributed by atoms with Crippen molar-refractivity contribution in [2.24, 2.45) is 0 Å². The van der Waals surface area contributed by atoms with E-state index in [9.17, 15) is 4.79 Å². The van der Waals surface area contributed by atoms with Gasteiger partial charge in [0.25, 0.3) is 0 Å². The first-order valence-electron chi connectivity index (χ1n) is 8.32. The van der Waals surface area contributed by atoms with Gasteiger partial charge in [0.05, 0.1) is 11.4 Å². The third-order valence-corrected chi connectivity index (χ3v) is 5.43. The average Bonchev–Trinajstić information content (AvgIpc) is 3.37.